The molecule has 120 heavy (non-hydrogen) atoms. The third kappa shape index (κ3) is 33.5. The summed E-state index contributed by atoms with van der Waals surface area (Å²) in [5, 5.41) is -5.59. The molecule has 10 heterocycles. The maximum atomic E-state index is 14.1. The molecular weight excluding hydrogens is 1850 g/mol. The highest BCUT2D eigenvalue weighted by Gasteiger charge is 2.53. The van der Waals surface area contributed by atoms with Gasteiger partial charge in [0.2, 0.25) is 5.82 Å². The van der Waals surface area contributed by atoms with Crippen molar-refractivity contribution in [2.24, 2.45) is 5.84 Å². The highest BCUT2D eigenvalue weighted by Crippen LogP contribution is 2.38. The van der Waals surface area contributed by atoms with E-state index in [-0.39, 0.29) is 81.2 Å². The molecule has 9 aromatic rings. The van der Waals surface area contributed by atoms with Gasteiger partial charge in [-0.25, -0.2) is 83.9 Å². The number of nitrogens with two attached hydrogens (primary N) is 1. The molecule has 0 bridgehead atoms. The van der Waals surface area contributed by atoms with Crippen LogP contribution < -0.4 is 35.7 Å². The number of rotatable bonds is 16. The van der Waals surface area contributed by atoms with Crippen LogP contribution in [0.5, 0.6) is 23.5 Å². The second kappa shape index (κ2) is 45.4. The number of halogens is 28. The van der Waals surface area contributed by atoms with Crippen LogP contribution in [0.4, 0.5) is 102 Å². The van der Waals surface area contributed by atoms with Crippen molar-refractivity contribution in [3.05, 3.63) is 143 Å². The number of aromatic nitrogens is 14. The Morgan fingerprint density at radius 3 is 1.11 bits per heavy atom. The number of nitrogens with zero attached hydrogens (tertiary/aromatic N) is 14. The number of fused-ring (bicyclic) bond motifs is 1. The summed E-state index contributed by atoms with van der Waals surface area (Å²) in [5.74, 6) is -7.96. The van der Waals surface area contributed by atoms with Crippen molar-refractivity contribution >= 4 is 110 Å². The molecule has 0 aliphatic carbocycles. The third-order valence-electron chi connectivity index (χ3n) is 13.9. The second-order valence-electron chi connectivity index (χ2n) is 22.9. The lowest BCUT2D eigenvalue weighted by atomic mass is 9.80. The number of nitrogen functional groups attached to an aromatic ring is 1. The van der Waals surface area contributed by atoms with Crippen LogP contribution in [0.3, 0.4) is 0 Å². The summed E-state index contributed by atoms with van der Waals surface area (Å²) in [6, 6.07) is 3.74. The molecule has 0 saturated carbocycles. The van der Waals surface area contributed by atoms with E-state index in [1.54, 1.807) is 6.20 Å². The fourth-order valence-electron chi connectivity index (χ4n) is 7.18. The molecule has 5 N–H and O–H groups in total. The Bertz CT molecular complexity index is 4700. The monoisotopic (exact) mass is 1910 g/mol. The van der Waals surface area contributed by atoms with Crippen molar-refractivity contribution in [2.75, 3.05) is 5.43 Å². The molecule has 0 radical (unpaired) electrons. The first kappa shape index (κ1) is 110. The number of carbonyl (C=O) groups is 2. The van der Waals surface area contributed by atoms with E-state index in [2.05, 4.69) is 133 Å². The summed E-state index contributed by atoms with van der Waals surface area (Å²) in [5.41, 5.74) is 12.3. The van der Waals surface area contributed by atoms with Crippen molar-refractivity contribution in [1.82, 2.24) is 69.4 Å². The Hall–Kier alpha value is -9.54. The maximum Gasteiger partial charge on any atom is 0.496 e. The van der Waals surface area contributed by atoms with Crippen LogP contribution in [-0.4, -0.2) is 160 Å². The van der Waals surface area contributed by atoms with Crippen molar-refractivity contribution in [2.45, 2.75) is 162 Å². The Kier molecular flexibility index (Phi) is 41.8. The predicted octanol–water partition coefficient (Wildman–Crippen LogP) is 19.7. The van der Waals surface area contributed by atoms with Gasteiger partial charge in [-0.3, -0.25) is 19.4 Å². The van der Waals surface area contributed by atoms with E-state index in [1.165, 1.54) is 37.2 Å². The number of carbonyl (C=O) groups excluding carboxylic acids is 2. The first-order valence-corrected chi connectivity index (χ1v) is 33.1. The predicted molar refractivity (Wildman–Crippen MR) is 393 cm³/mol. The van der Waals surface area contributed by atoms with Gasteiger partial charge < -0.3 is 38.4 Å². The van der Waals surface area contributed by atoms with Gasteiger partial charge in [-0.15, -0.1) is 10.2 Å². The molecule has 0 amide bonds. The number of nitrogens with one attached hydrogen (secondary N) is 3. The minimum absolute atomic E-state index is 0. The zero-order valence-electron chi connectivity index (χ0n) is 58.7. The molecule has 1 aliphatic heterocycles. The minimum Gasteiger partial charge on any atom is -0.463 e. The van der Waals surface area contributed by atoms with Crippen LogP contribution in [0.15, 0.2) is 103 Å². The fourth-order valence-corrected chi connectivity index (χ4v) is 7.79. The normalized spacial score (nSPS) is 13.8. The van der Waals surface area contributed by atoms with E-state index in [4.69, 9.17) is 61.0 Å². The number of hydrogen-bond acceptors (Lipinski definition) is 26. The van der Waals surface area contributed by atoms with Crippen LogP contribution in [0.25, 0.3) is 39.4 Å². The molecule has 27 nitrogen and oxygen atoms in total. The zero-order valence-corrected chi connectivity index (χ0v) is 64.1. The molecule has 666 valence electrons. The third-order valence-corrected chi connectivity index (χ3v) is 15.1. The van der Waals surface area contributed by atoms with Crippen LogP contribution in [0.1, 0.15) is 92.3 Å². The molecule has 1 aliphatic rings. The first-order valence-electron chi connectivity index (χ1n) is 30.5. The number of esters is 2. The summed E-state index contributed by atoms with van der Waals surface area (Å²) < 4.78 is 312. The molecule has 1 fully saturated rings. The highest BCUT2D eigenvalue weighted by atomic mass is 79.9. The van der Waals surface area contributed by atoms with Gasteiger partial charge in [0.25, 0.3) is 23.5 Å². The van der Waals surface area contributed by atoms with E-state index in [0.29, 0.717) is 22.5 Å². The van der Waals surface area contributed by atoms with Crippen LogP contribution in [0, 0.1) is 34.3 Å². The van der Waals surface area contributed by atoms with Crippen LogP contribution in [0.2, 0.25) is 10.3 Å². The molecule has 10 rings (SSSR count). The molecule has 9 aromatic heterocycles. The summed E-state index contributed by atoms with van der Waals surface area (Å²) in [7, 11) is -0.851. The Labute approximate surface area is 700 Å². The fraction of sp³-hybridized carbons (Fsp3) is 0.391. The first-order chi connectivity index (χ1) is 53.2. The van der Waals surface area contributed by atoms with Crippen molar-refractivity contribution < 1.29 is 141 Å². The number of ether oxygens (including phenoxy) is 5. The summed E-state index contributed by atoms with van der Waals surface area (Å²) >= 11 is 27.1. The lowest BCUT2D eigenvalue weighted by Gasteiger charge is -2.32. The van der Waals surface area contributed by atoms with Crippen molar-refractivity contribution in [1.29, 1.82) is 11.1 Å². The summed E-state index contributed by atoms with van der Waals surface area (Å²) in [6.07, 6.45) is -12.5. The van der Waals surface area contributed by atoms with Crippen LogP contribution in [-0.2, 0) is 29.0 Å². The smallest absolute Gasteiger partial charge is 0.463 e. The summed E-state index contributed by atoms with van der Waals surface area (Å²) in [6.45, 7) is 10.3. The standard InChI is InChI=1S/C14H18BF4NO3.C14H8ClF6N5O.C12H8ClF4N3O.C12H11F4N5O.C4H2BrClN2.C4Cl2F4O3.4CH4.H2N2.H2/c1-8(14(17,18)19)21-11-10(16)6-9(7-20-11)15-22-12(2,3)13(4,5)23-15;1-6(14(19,20)21)27-11-8(16)2-7(3-23-11)9-5-26-10(4-22-9)24-25-12(26)13(15,17)18;1-6(12(15,16)17)21-11-8(14)2-7(3-20-11)9-4-19-10(13)5-18-9;1-6(12(14,15)16)22-11-8(13)2-7(3-20-11)9-4-19-10(21-17)5-18-9;5-3-1-8-4(6)2-7-3;5-3(7,8)1(11)13-2(12)4(6,9)10;;;;;1-2;/h6-8H,1-5H3;2-6H,1H3;2-6H,1H3;2-6H,17H2,1H3,(H,19,21);1-2H;;4*1H4;1-2H;1H/t8-;3*6-;;;;;;;;/m1111......../s1. The number of hydrazine groups is 1. The van der Waals surface area contributed by atoms with Gasteiger partial charge in [0.05, 0.1) is 71.7 Å². The van der Waals surface area contributed by atoms with Gasteiger partial charge in [0, 0.05) is 54.6 Å². The number of anilines is 1. The van der Waals surface area contributed by atoms with Crippen molar-refractivity contribution in [3.8, 4) is 57.3 Å². The minimum atomic E-state index is -4.70. The molecule has 0 unspecified atom stereocenters. The van der Waals surface area contributed by atoms with E-state index >= 15 is 0 Å². The molecule has 56 heteroatoms. The number of pyridine rings is 4. The van der Waals surface area contributed by atoms with E-state index in [0.717, 1.165) is 80.4 Å². The maximum absolute atomic E-state index is 14.1. The molecule has 4 atom stereocenters. The average Bonchev–Trinajstić information content (AvgIpc) is 1.63. The quantitative estimate of drug-likeness (QED) is 0.0102. The topological polar surface area (TPSA) is 356 Å². The zero-order chi connectivity index (χ0) is 88.4. The van der Waals surface area contributed by atoms with Gasteiger partial charge in [0.1, 0.15) is 14.9 Å². The van der Waals surface area contributed by atoms with Gasteiger partial charge in [-0.1, -0.05) is 52.9 Å². The molecule has 0 spiro atoms. The number of hydrogen-bond donors (Lipinski definition) is 4. The van der Waals surface area contributed by atoms with Crippen LogP contribution >= 0.6 is 73.9 Å². The molecular formula is C64H67BBrCl5F22N18O9. The highest BCUT2D eigenvalue weighted by molar-refractivity contribution is 9.10. The average molecular weight is 1920 g/mol. The number of alkyl halides is 21. The second-order valence-corrected chi connectivity index (χ2v) is 25.9. The summed E-state index contributed by atoms with van der Waals surface area (Å²) in [4.78, 5) is 61.1. The van der Waals surface area contributed by atoms with E-state index in [1.807, 2.05) is 27.7 Å². The SMILES string of the molecule is C.C.C.C.C[C@@H](Oc1ncc(-c2cn3c(C(F)(F)Cl)nnc3cn2)cc1F)C(F)(F)F.C[C@@H](Oc1ncc(-c2cnc(Cl)cn2)cc1F)C(F)(F)F.C[C@@H](Oc1ncc(-c2cnc(NN)cn2)cc1F)C(F)(F)F.C[C@@H](Oc1ncc(B2OC(C)(C)C(C)(C)O2)cc1F)C(F)(F)F.Clc1cnc(Br)cn1.N=N.O=C(OC(=O)C(F)(F)Cl)C(F)(F)Cl.[HH]. The van der Waals surface area contributed by atoms with E-state index < -0.39 is 148 Å². The van der Waals surface area contributed by atoms with Gasteiger partial charge in [-0.2, -0.15) is 79.0 Å². The van der Waals surface area contributed by atoms with Gasteiger partial charge >= 0.3 is 59.9 Å². The van der Waals surface area contributed by atoms with Gasteiger partial charge in [-0.05, 0) is 130 Å². The Morgan fingerprint density at radius 1 is 0.483 bits per heavy atom. The Morgan fingerprint density at radius 2 is 0.817 bits per heavy atom. The van der Waals surface area contributed by atoms with Gasteiger partial charge in [0.15, 0.2) is 59.1 Å². The van der Waals surface area contributed by atoms with E-state index in [9.17, 15) is 106 Å². The lowest BCUT2D eigenvalue weighted by Crippen LogP contribution is -2.41. The lowest BCUT2D eigenvalue weighted by molar-refractivity contribution is -0.190. The Balaban J connectivity index is 0. The molecule has 0 aromatic carbocycles. The van der Waals surface area contributed by atoms with Crippen molar-refractivity contribution in [3.63, 3.8) is 0 Å². The molecule has 1 saturated heterocycles. The largest absolute Gasteiger partial charge is 0.496 e.